The lowest BCUT2D eigenvalue weighted by molar-refractivity contribution is 0.453. The molecule has 1 aliphatic carbocycles. The smallest absolute Gasteiger partial charge is 0.194 e. The number of aromatic nitrogens is 3. The second kappa shape index (κ2) is 9.26. The van der Waals surface area contributed by atoms with Crippen LogP contribution < -0.4 is 5.32 Å². The van der Waals surface area contributed by atoms with Crippen molar-refractivity contribution in [3.05, 3.63) is 42.0 Å². The Bertz CT molecular complexity index is 683. The van der Waals surface area contributed by atoms with Crippen LogP contribution in [0.25, 0.3) is 0 Å². The summed E-state index contributed by atoms with van der Waals surface area (Å²) in [7, 11) is 5.94. The zero-order valence-corrected chi connectivity index (χ0v) is 17.7. The van der Waals surface area contributed by atoms with E-state index in [-0.39, 0.29) is 24.0 Å². The van der Waals surface area contributed by atoms with Gasteiger partial charge in [0, 0.05) is 39.2 Å². The quantitative estimate of drug-likeness (QED) is 0.427. The van der Waals surface area contributed by atoms with Gasteiger partial charge in [0.25, 0.3) is 0 Å². The molecule has 2 aromatic heterocycles. The van der Waals surface area contributed by atoms with Gasteiger partial charge in [-0.3, -0.25) is 9.67 Å². The lowest BCUT2D eigenvalue weighted by atomic mass is 10.3. The molecule has 3 rings (SSSR count). The highest BCUT2D eigenvalue weighted by Gasteiger charge is 2.17. The maximum atomic E-state index is 4.72. The number of nitrogens with zero attached hydrogens (tertiary/aromatic N) is 5. The van der Waals surface area contributed by atoms with Crippen LogP contribution in [-0.4, -0.2) is 39.3 Å². The van der Waals surface area contributed by atoms with Gasteiger partial charge in [-0.15, -0.1) is 24.0 Å². The Kier molecular flexibility index (Phi) is 7.34. The largest absolute Gasteiger partial charge is 0.353 e. The van der Waals surface area contributed by atoms with Crippen molar-refractivity contribution in [2.24, 2.45) is 12.0 Å². The van der Waals surface area contributed by atoms with Crippen molar-refractivity contribution in [3.63, 3.8) is 0 Å². The first-order valence-corrected chi connectivity index (χ1v) is 8.73. The molecule has 0 amide bonds. The second-order valence-corrected chi connectivity index (χ2v) is 6.59. The Morgan fingerprint density at radius 2 is 2.08 bits per heavy atom. The van der Waals surface area contributed by atoms with Gasteiger partial charge in [-0.1, -0.05) is 12.8 Å². The van der Waals surface area contributed by atoms with Gasteiger partial charge in [0.2, 0.25) is 0 Å². The van der Waals surface area contributed by atoms with Crippen molar-refractivity contribution in [2.45, 2.75) is 44.8 Å². The summed E-state index contributed by atoms with van der Waals surface area (Å²) < 4.78 is 4.27. The molecule has 0 bridgehead atoms. The van der Waals surface area contributed by atoms with Gasteiger partial charge in [0.05, 0.1) is 24.8 Å². The lowest BCUT2D eigenvalue weighted by Gasteiger charge is -2.22. The van der Waals surface area contributed by atoms with E-state index in [2.05, 4.69) is 69.1 Å². The van der Waals surface area contributed by atoms with Crippen LogP contribution >= 0.6 is 24.0 Å². The first-order chi connectivity index (χ1) is 11.7. The molecule has 1 fully saturated rings. The zero-order chi connectivity index (χ0) is 16.9. The number of hydrogen-bond acceptors (Lipinski definition) is 2. The van der Waals surface area contributed by atoms with E-state index >= 15 is 0 Å². The predicted molar refractivity (Wildman–Crippen MR) is 112 cm³/mol. The van der Waals surface area contributed by atoms with E-state index in [9.17, 15) is 0 Å². The molecule has 138 valence electrons. The fourth-order valence-electron chi connectivity index (χ4n) is 3.38. The molecule has 0 radical (unpaired) electrons. The standard InChI is InChI=1S/C18H28N6.HI/c1-19-18(23(3)14-17-9-6-11-22(17)2)20-13-15-10-12-24(21-15)16-7-4-5-8-16;/h6,9-12,16H,4-5,7-8,13-14H2,1-3H3,(H,19,20);1H. The number of aliphatic imine (C=N–C) groups is 1. The fourth-order valence-corrected chi connectivity index (χ4v) is 3.38. The normalized spacial score (nSPS) is 15.2. The van der Waals surface area contributed by atoms with Crippen molar-refractivity contribution in [1.82, 2.24) is 24.6 Å². The number of nitrogens with one attached hydrogen (secondary N) is 1. The predicted octanol–water partition coefficient (Wildman–Crippen LogP) is 3.16. The van der Waals surface area contributed by atoms with E-state index in [1.807, 2.05) is 7.05 Å². The Labute approximate surface area is 167 Å². The summed E-state index contributed by atoms with van der Waals surface area (Å²) in [6, 6.07) is 6.90. The molecule has 0 aliphatic heterocycles. The van der Waals surface area contributed by atoms with Gasteiger partial charge in [-0.2, -0.15) is 5.10 Å². The van der Waals surface area contributed by atoms with Gasteiger partial charge >= 0.3 is 0 Å². The second-order valence-electron chi connectivity index (χ2n) is 6.59. The maximum absolute atomic E-state index is 4.72. The third kappa shape index (κ3) is 4.99. The van der Waals surface area contributed by atoms with Gasteiger partial charge in [-0.05, 0) is 31.0 Å². The van der Waals surface area contributed by atoms with Crippen LogP contribution in [0.5, 0.6) is 0 Å². The molecule has 1 saturated carbocycles. The number of rotatable bonds is 5. The molecule has 7 heteroatoms. The van der Waals surface area contributed by atoms with Crippen LogP contribution in [0.3, 0.4) is 0 Å². The molecular formula is C18H29IN6. The molecule has 2 heterocycles. The summed E-state index contributed by atoms with van der Waals surface area (Å²) in [5, 5.41) is 8.14. The highest BCUT2D eigenvalue weighted by molar-refractivity contribution is 14.0. The topological polar surface area (TPSA) is 50.4 Å². The number of aryl methyl sites for hydroxylation is 1. The van der Waals surface area contributed by atoms with Crippen molar-refractivity contribution in [2.75, 3.05) is 14.1 Å². The number of guanidine groups is 1. The number of halogens is 1. The van der Waals surface area contributed by atoms with E-state index < -0.39 is 0 Å². The van der Waals surface area contributed by atoms with Crippen LogP contribution in [0, 0.1) is 0 Å². The Morgan fingerprint density at radius 1 is 1.32 bits per heavy atom. The SMILES string of the molecule is CN=C(NCc1ccn(C2CCCC2)n1)N(C)Cc1cccn1C.I. The average Bonchev–Trinajstić information content (AvgIpc) is 3.30. The van der Waals surface area contributed by atoms with E-state index in [1.165, 1.54) is 31.4 Å². The van der Waals surface area contributed by atoms with E-state index in [4.69, 9.17) is 5.10 Å². The minimum absolute atomic E-state index is 0. The summed E-state index contributed by atoms with van der Waals surface area (Å²) in [5.41, 5.74) is 2.32. The average molecular weight is 456 g/mol. The summed E-state index contributed by atoms with van der Waals surface area (Å²) in [6.45, 7) is 1.52. The molecule has 6 nitrogen and oxygen atoms in total. The van der Waals surface area contributed by atoms with Gasteiger partial charge in [-0.25, -0.2) is 0 Å². The van der Waals surface area contributed by atoms with Crippen LogP contribution in [-0.2, 0) is 20.1 Å². The first-order valence-electron chi connectivity index (χ1n) is 8.73. The Hall–Kier alpha value is -1.51. The van der Waals surface area contributed by atoms with Crippen LogP contribution in [0.2, 0.25) is 0 Å². The molecular weight excluding hydrogens is 427 g/mol. The molecule has 0 saturated heterocycles. The fraction of sp³-hybridized carbons (Fsp3) is 0.556. The van der Waals surface area contributed by atoms with Gasteiger partial charge < -0.3 is 14.8 Å². The third-order valence-electron chi connectivity index (χ3n) is 4.81. The molecule has 0 spiro atoms. The third-order valence-corrected chi connectivity index (χ3v) is 4.81. The van der Waals surface area contributed by atoms with Crippen LogP contribution in [0.1, 0.15) is 43.1 Å². The van der Waals surface area contributed by atoms with Crippen LogP contribution in [0.15, 0.2) is 35.6 Å². The maximum Gasteiger partial charge on any atom is 0.194 e. The highest BCUT2D eigenvalue weighted by Crippen LogP contribution is 2.28. The molecule has 1 aliphatic rings. The molecule has 1 N–H and O–H groups in total. The molecule has 2 aromatic rings. The summed E-state index contributed by atoms with van der Waals surface area (Å²) >= 11 is 0. The van der Waals surface area contributed by atoms with E-state index in [0.29, 0.717) is 12.6 Å². The Morgan fingerprint density at radius 3 is 2.72 bits per heavy atom. The minimum atomic E-state index is 0. The summed E-state index contributed by atoms with van der Waals surface area (Å²) in [6.07, 6.45) is 9.35. The lowest BCUT2D eigenvalue weighted by Crippen LogP contribution is -2.38. The van der Waals surface area contributed by atoms with Crippen LogP contribution in [0.4, 0.5) is 0 Å². The number of hydrogen-bond donors (Lipinski definition) is 1. The van der Waals surface area contributed by atoms with Crippen molar-refractivity contribution in [1.29, 1.82) is 0 Å². The highest BCUT2D eigenvalue weighted by atomic mass is 127. The van der Waals surface area contributed by atoms with E-state index in [1.54, 1.807) is 0 Å². The van der Waals surface area contributed by atoms with Crippen molar-refractivity contribution >= 4 is 29.9 Å². The van der Waals surface area contributed by atoms with Crippen molar-refractivity contribution in [3.8, 4) is 0 Å². The zero-order valence-electron chi connectivity index (χ0n) is 15.4. The van der Waals surface area contributed by atoms with Gasteiger partial charge in [0.1, 0.15) is 0 Å². The Balaban J connectivity index is 0.00000225. The minimum Gasteiger partial charge on any atom is -0.353 e. The molecule has 25 heavy (non-hydrogen) atoms. The van der Waals surface area contributed by atoms with E-state index in [0.717, 1.165) is 18.2 Å². The summed E-state index contributed by atoms with van der Waals surface area (Å²) in [5.74, 6) is 0.881. The van der Waals surface area contributed by atoms with Crippen molar-refractivity contribution < 1.29 is 0 Å². The van der Waals surface area contributed by atoms with Gasteiger partial charge in [0.15, 0.2) is 5.96 Å². The monoisotopic (exact) mass is 456 g/mol. The molecule has 0 aromatic carbocycles. The molecule has 0 unspecified atom stereocenters. The summed E-state index contributed by atoms with van der Waals surface area (Å²) in [4.78, 5) is 6.51. The molecule has 0 atom stereocenters. The first kappa shape index (κ1) is 19.8.